The SMILES string of the molecule is Nc1ccc(F)c(N2CC3CC3C2)n1. The summed E-state index contributed by atoms with van der Waals surface area (Å²) in [5, 5.41) is 0. The summed E-state index contributed by atoms with van der Waals surface area (Å²) in [4.78, 5) is 6.04. The zero-order valence-electron chi connectivity index (χ0n) is 7.78. The van der Waals surface area contributed by atoms with Gasteiger partial charge >= 0.3 is 0 Å². The van der Waals surface area contributed by atoms with Crippen LogP contribution in [0.1, 0.15) is 6.42 Å². The Kier molecular flexibility index (Phi) is 1.48. The first-order chi connectivity index (χ1) is 6.74. The highest BCUT2D eigenvalue weighted by molar-refractivity contribution is 5.48. The van der Waals surface area contributed by atoms with E-state index < -0.39 is 0 Å². The monoisotopic (exact) mass is 193 g/mol. The Hall–Kier alpha value is -1.32. The second kappa shape index (κ2) is 2.59. The summed E-state index contributed by atoms with van der Waals surface area (Å²) >= 11 is 0. The molecule has 0 bridgehead atoms. The minimum atomic E-state index is -0.263. The van der Waals surface area contributed by atoms with Gasteiger partial charge < -0.3 is 10.6 Å². The van der Waals surface area contributed by atoms with E-state index in [1.165, 1.54) is 18.6 Å². The molecule has 1 aromatic heterocycles. The Labute approximate surface area is 81.7 Å². The molecular formula is C10H12FN3. The Morgan fingerprint density at radius 1 is 1.36 bits per heavy atom. The minimum Gasteiger partial charge on any atom is -0.384 e. The molecule has 2 aliphatic rings. The van der Waals surface area contributed by atoms with E-state index in [1.807, 2.05) is 4.90 Å². The van der Waals surface area contributed by atoms with E-state index in [9.17, 15) is 4.39 Å². The predicted molar refractivity (Wildman–Crippen MR) is 52.4 cm³/mol. The summed E-state index contributed by atoms with van der Waals surface area (Å²) in [5.41, 5.74) is 5.54. The van der Waals surface area contributed by atoms with Crippen LogP contribution in [0.3, 0.4) is 0 Å². The summed E-state index contributed by atoms with van der Waals surface area (Å²) in [5.74, 6) is 2.11. The summed E-state index contributed by atoms with van der Waals surface area (Å²) in [6, 6.07) is 2.89. The highest BCUT2D eigenvalue weighted by atomic mass is 19.1. The second-order valence-electron chi connectivity index (χ2n) is 4.20. The first-order valence-corrected chi connectivity index (χ1v) is 4.91. The van der Waals surface area contributed by atoms with Gasteiger partial charge in [0.2, 0.25) is 0 Å². The molecule has 4 heteroatoms. The van der Waals surface area contributed by atoms with Crippen molar-refractivity contribution in [2.75, 3.05) is 23.7 Å². The number of nitrogens with zero attached hydrogens (tertiary/aromatic N) is 2. The molecule has 0 radical (unpaired) electrons. The lowest BCUT2D eigenvalue weighted by Gasteiger charge is -2.19. The van der Waals surface area contributed by atoms with Crippen LogP contribution in [-0.2, 0) is 0 Å². The number of nitrogens with two attached hydrogens (primary N) is 1. The molecule has 2 heterocycles. The van der Waals surface area contributed by atoms with Crippen LogP contribution in [0, 0.1) is 17.7 Å². The van der Waals surface area contributed by atoms with Crippen LogP contribution >= 0.6 is 0 Å². The van der Waals surface area contributed by atoms with Crippen molar-refractivity contribution in [1.82, 2.24) is 4.98 Å². The summed E-state index contributed by atoms with van der Waals surface area (Å²) in [6.45, 7) is 1.88. The number of anilines is 2. The fourth-order valence-corrected chi connectivity index (χ4v) is 2.24. The zero-order valence-corrected chi connectivity index (χ0v) is 7.78. The molecule has 2 fully saturated rings. The molecular weight excluding hydrogens is 181 g/mol. The van der Waals surface area contributed by atoms with Crippen LogP contribution < -0.4 is 10.6 Å². The first-order valence-electron chi connectivity index (χ1n) is 4.91. The molecule has 2 atom stereocenters. The lowest BCUT2D eigenvalue weighted by Crippen LogP contribution is -2.24. The fraction of sp³-hybridized carbons (Fsp3) is 0.500. The maximum atomic E-state index is 13.4. The smallest absolute Gasteiger partial charge is 0.167 e. The number of halogens is 1. The van der Waals surface area contributed by atoms with E-state index in [4.69, 9.17) is 5.73 Å². The van der Waals surface area contributed by atoms with Crippen molar-refractivity contribution in [2.24, 2.45) is 11.8 Å². The van der Waals surface area contributed by atoms with Crippen LogP contribution in [0.15, 0.2) is 12.1 Å². The van der Waals surface area contributed by atoms with Gasteiger partial charge in [0.25, 0.3) is 0 Å². The molecule has 2 N–H and O–H groups in total. The van der Waals surface area contributed by atoms with Crippen molar-refractivity contribution in [2.45, 2.75) is 6.42 Å². The van der Waals surface area contributed by atoms with Gasteiger partial charge in [-0.05, 0) is 30.4 Å². The molecule has 1 saturated heterocycles. The summed E-state index contributed by atoms with van der Waals surface area (Å²) in [6.07, 6.45) is 1.31. The van der Waals surface area contributed by atoms with E-state index in [1.54, 1.807) is 0 Å². The zero-order chi connectivity index (χ0) is 9.71. The van der Waals surface area contributed by atoms with E-state index >= 15 is 0 Å². The van der Waals surface area contributed by atoms with Crippen LogP contribution in [0.2, 0.25) is 0 Å². The molecule has 0 aromatic carbocycles. The standard InChI is InChI=1S/C10H12FN3/c11-8-1-2-9(12)13-10(8)14-4-6-3-7(6)5-14/h1-2,6-7H,3-5H2,(H2,12,13). The number of rotatable bonds is 1. The molecule has 1 aromatic rings. The van der Waals surface area contributed by atoms with E-state index in [2.05, 4.69) is 4.98 Å². The molecule has 0 spiro atoms. The third-order valence-corrected chi connectivity index (χ3v) is 3.13. The number of hydrogen-bond acceptors (Lipinski definition) is 3. The van der Waals surface area contributed by atoms with Gasteiger partial charge in [-0.1, -0.05) is 0 Å². The largest absolute Gasteiger partial charge is 0.384 e. The average Bonchev–Trinajstić information content (AvgIpc) is 2.78. The first kappa shape index (κ1) is 8.03. The molecule has 2 unspecified atom stereocenters. The summed E-state index contributed by atoms with van der Waals surface area (Å²) < 4.78 is 13.4. The van der Waals surface area contributed by atoms with Crippen LogP contribution in [-0.4, -0.2) is 18.1 Å². The quantitative estimate of drug-likeness (QED) is 0.730. The third-order valence-electron chi connectivity index (χ3n) is 3.13. The highest BCUT2D eigenvalue weighted by Gasteiger charge is 2.45. The van der Waals surface area contributed by atoms with Crippen molar-refractivity contribution < 1.29 is 4.39 Å². The molecule has 14 heavy (non-hydrogen) atoms. The molecule has 1 aliphatic carbocycles. The topological polar surface area (TPSA) is 42.1 Å². The van der Waals surface area contributed by atoms with Gasteiger partial charge in [0.1, 0.15) is 5.82 Å². The molecule has 1 saturated carbocycles. The Morgan fingerprint density at radius 2 is 2.07 bits per heavy atom. The highest BCUT2D eigenvalue weighted by Crippen LogP contribution is 2.46. The Morgan fingerprint density at radius 3 is 2.79 bits per heavy atom. The van der Waals surface area contributed by atoms with Crippen molar-refractivity contribution in [3.8, 4) is 0 Å². The minimum absolute atomic E-state index is 0.263. The number of nitrogen functional groups attached to an aromatic ring is 1. The fourth-order valence-electron chi connectivity index (χ4n) is 2.24. The number of piperidine rings is 1. The van der Waals surface area contributed by atoms with Crippen molar-refractivity contribution in [3.63, 3.8) is 0 Å². The molecule has 3 rings (SSSR count). The van der Waals surface area contributed by atoms with Crippen LogP contribution in [0.4, 0.5) is 16.0 Å². The normalized spacial score (nSPS) is 29.1. The Bertz CT molecular complexity index is 370. The molecule has 1 aliphatic heterocycles. The van der Waals surface area contributed by atoms with E-state index in [-0.39, 0.29) is 5.82 Å². The predicted octanol–water partition coefficient (Wildman–Crippen LogP) is 1.26. The number of fused-ring (bicyclic) bond motifs is 1. The number of pyridine rings is 1. The third kappa shape index (κ3) is 1.14. The lowest BCUT2D eigenvalue weighted by atomic mass is 10.3. The maximum absolute atomic E-state index is 13.4. The Balaban J connectivity index is 1.91. The van der Waals surface area contributed by atoms with Crippen molar-refractivity contribution in [3.05, 3.63) is 17.9 Å². The van der Waals surface area contributed by atoms with Gasteiger partial charge in [-0.15, -0.1) is 0 Å². The van der Waals surface area contributed by atoms with E-state index in [0.29, 0.717) is 11.6 Å². The van der Waals surface area contributed by atoms with Gasteiger partial charge in [0.15, 0.2) is 11.6 Å². The molecule has 74 valence electrons. The number of hydrogen-bond donors (Lipinski definition) is 1. The van der Waals surface area contributed by atoms with Crippen molar-refractivity contribution in [1.29, 1.82) is 0 Å². The second-order valence-corrected chi connectivity index (χ2v) is 4.20. The van der Waals surface area contributed by atoms with E-state index in [0.717, 1.165) is 24.9 Å². The average molecular weight is 193 g/mol. The van der Waals surface area contributed by atoms with Gasteiger partial charge in [0, 0.05) is 13.1 Å². The van der Waals surface area contributed by atoms with Gasteiger partial charge in [-0.3, -0.25) is 0 Å². The van der Waals surface area contributed by atoms with Crippen molar-refractivity contribution >= 4 is 11.6 Å². The molecule has 3 nitrogen and oxygen atoms in total. The van der Waals surface area contributed by atoms with Crippen LogP contribution in [0.5, 0.6) is 0 Å². The van der Waals surface area contributed by atoms with Gasteiger partial charge in [0.05, 0.1) is 0 Å². The van der Waals surface area contributed by atoms with Gasteiger partial charge in [-0.2, -0.15) is 0 Å². The summed E-state index contributed by atoms with van der Waals surface area (Å²) in [7, 11) is 0. The number of aromatic nitrogens is 1. The molecule has 0 amide bonds. The van der Waals surface area contributed by atoms with Gasteiger partial charge in [-0.25, -0.2) is 9.37 Å². The lowest BCUT2D eigenvalue weighted by molar-refractivity contribution is 0.612. The maximum Gasteiger partial charge on any atom is 0.167 e. The van der Waals surface area contributed by atoms with Crippen LogP contribution in [0.25, 0.3) is 0 Å².